The van der Waals surface area contributed by atoms with Crippen LogP contribution in [0.3, 0.4) is 0 Å². The highest BCUT2D eigenvalue weighted by molar-refractivity contribution is 6.44. The Hall–Kier alpha value is -0.760. The van der Waals surface area contributed by atoms with Gasteiger partial charge in [-0.1, -0.05) is 59.1 Å². The average molecular weight is 276 g/mol. The van der Waals surface area contributed by atoms with Crippen LogP contribution in [0.5, 0.6) is 0 Å². The minimum atomic E-state index is -0.477. The van der Waals surface area contributed by atoms with Gasteiger partial charge in [0.2, 0.25) is 0 Å². The second kappa shape index (κ2) is 4.62. The molecule has 0 aliphatic carbocycles. The molecule has 0 aliphatic rings. The molecule has 0 nitrogen and oxygen atoms in total. The van der Waals surface area contributed by atoms with Gasteiger partial charge >= 0.3 is 0 Å². The Morgan fingerprint density at radius 1 is 0.750 bits per heavy atom. The molecule has 4 heteroatoms. The molecule has 0 saturated carbocycles. The van der Waals surface area contributed by atoms with E-state index < -0.39 is 5.82 Å². The summed E-state index contributed by atoms with van der Waals surface area (Å²) in [7, 11) is 0. The molecule has 2 rings (SSSR count). The van der Waals surface area contributed by atoms with Crippen molar-refractivity contribution in [1.29, 1.82) is 0 Å². The Morgan fingerprint density at radius 3 is 2.00 bits per heavy atom. The number of hydrogen-bond acceptors (Lipinski definition) is 0. The van der Waals surface area contributed by atoms with E-state index in [0.717, 1.165) is 0 Å². The molecule has 16 heavy (non-hydrogen) atoms. The van der Waals surface area contributed by atoms with Crippen molar-refractivity contribution in [3.63, 3.8) is 0 Å². The molecule has 0 bridgehead atoms. The van der Waals surface area contributed by atoms with Crippen molar-refractivity contribution < 1.29 is 4.39 Å². The van der Waals surface area contributed by atoms with Crippen LogP contribution in [-0.2, 0) is 0 Å². The minimum absolute atomic E-state index is 0.0478. The van der Waals surface area contributed by atoms with Crippen LogP contribution in [0.4, 0.5) is 4.39 Å². The number of halogens is 4. The molecule has 0 amide bonds. The van der Waals surface area contributed by atoms with E-state index in [-0.39, 0.29) is 5.02 Å². The maximum Gasteiger partial charge on any atom is 0.142 e. The lowest BCUT2D eigenvalue weighted by molar-refractivity contribution is 0.629. The Morgan fingerprint density at radius 2 is 1.31 bits per heavy atom. The van der Waals surface area contributed by atoms with Crippen LogP contribution >= 0.6 is 34.8 Å². The number of benzene rings is 2. The molecule has 2 aromatic rings. The maximum atomic E-state index is 13.3. The summed E-state index contributed by atoms with van der Waals surface area (Å²) in [4.78, 5) is 0. The van der Waals surface area contributed by atoms with Crippen LogP contribution < -0.4 is 0 Å². The quantitative estimate of drug-likeness (QED) is 0.649. The molecule has 0 spiro atoms. The van der Waals surface area contributed by atoms with E-state index >= 15 is 0 Å². The largest absolute Gasteiger partial charge is 0.205 e. The van der Waals surface area contributed by atoms with E-state index in [4.69, 9.17) is 34.8 Å². The molecule has 82 valence electrons. The first-order valence-electron chi connectivity index (χ1n) is 4.49. The fourth-order valence-corrected chi connectivity index (χ4v) is 2.05. The summed E-state index contributed by atoms with van der Waals surface area (Å²) in [5.74, 6) is -0.477. The fourth-order valence-electron chi connectivity index (χ4n) is 1.42. The smallest absolute Gasteiger partial charge is 0.142 e. The molecular weight excluding hydrogens is 269 g/mol. The van der Waals surface area contributed by atoms with Crippen molar-refractivity contribution in [3.05, 3.63) is 57.3 Å². The fraction of sp³-hybridized carbons (Fsp3) is 0. The highest BCUT2D eigenvalue weighted by Crippen LogP contribution is 2.37. The first-order valence-corrected chi connectivity index (χ1v) is 5.63. The SMILES string of the molecule is Fc1cccc(-c2cccc(Cl)c2Cl)c1Cl. The van der Waals surface area contributed by atoms with Gasteiger partial charge in [-0.05, 0) is 12.1 Å². The monoisotopic (exact) mass is 274 g/mol. The number of rotatable bonds is 1. The molecule has 0 radical (unpaired) electrons. The standard InChI is InChI=1S/C12H6Cl3F/c13-9-5-1-3-7(11(9)14)8-4-2-6-10(16)12(8)15/h1-6H. The lowest BCUT2D eigenvalue weighted by atomic mass is 10.1. The first-order chi connectivity index (χ1) is 7.61. The van der Waals surface area contributed by atoms with E-state index in [9.17, 15) is 4.39 Å². The molecule has 0 heterocycles. The van der Waals surface area contributed by atoms with Gasteiger partial charge in [-0.2, -0.15) is 0 Å². The zero-order valence-corrected chi connectivity index (χ0v) is 10.2. The van der Waals surface area contributed by atoms with Gasteiger partial charge in [0.1, 0.15) is 5.82 Å². The zero-order valence-electron chi connectivity index (χ0n) is 7.98. The molecule has 0 unspecified atom stereocenters. The predicted molar refractivity (Wildman–Crippen MR) is 66.9 cm³/mol. The van der Waals surface area contributed by atoms with Crippen LogP contribution in [-0.4, -0.2) is 0 Å². The van der Waals surface area contributed by atoms with Crippen LogP contribution in [0, 0.1) is 5.82 Å². The van der Waals surface area contributed by atoms with E-state index in [1.165, 1.54) is 6.07 Å². The average Bonchev–Trinajstić information content (AvgIpc) is 2.27. The molecule has 0 aromatic heterocycles. The van der Waals surface area contributed by atoms with Gasteiger partial charge < -0.3 is 0 Å². The van der Waals surface area contributed by atoms with Crippen LogP contribution in [0.1, 0.15) is 0 Å². The first kappa shape index (κ1) is 11.7. The Labute approximate surface area is 108 Å². The predicted octanol–water partition coefficient (Wildman–Crippen LogP) is 5.45. The van der Waals surface area contributed by atoms with Crippen LogP contribution in [0.15, 0.2) is 36.4 Å². The van der Waals surface area contributed by atoms with Crippen molar-refractivity contribution in [2.45, 2.75) is 0 Å². The summed E-state index contributed by atoms with van der Waals surface area (Å²) in [5.41, 5.74) is 1.16. The van der Waals surface area contributed by atoms with Crippen LogP contribution in [0.25, 0.3) is 11.1 Å². The Kier molecular flexibility index (Phi) is 3.38. The van der Waals surface area contributed by atoms with Gasteiger partial charge in [0.15, 0.2) is 0 Å². The highest BCUT2D eigenvalue weighted by Gasteiger charge is 2.12. The van der Waals surface area contributed by atoms with Crippen molar-refractivity contribution in [1.82, 2.24) is 0 Å². The van der Waals surface area contributed by atoms with Gasteiger partial charge in [0.05, 0.1) is 15.1 Å². The lowest BCUT2D eigenvalue weighted by Gasteiger charge is -2.08. The van der Waals surface area contributed by atoms with Crippen molar-refractivity contribution >= 4 is 34.8 Å². The second-order valence-electron chi connectivity index (χ2n) is 3.20. The molecular formula is C12H6Cl3F. The zero-order chi connectivity index (χ0) is 11.7. The van der Waals surface area contributed by atoms with Crippen molar-refractivity contribution in [2.24, 2.45) is 0 Å². The summed E-state index contributed by atoms with van der Waals surface area (Å²) in [6.07, 6.45) is 0. The Bertz CT molecular complexity index is 488. The minimum Gasteiger partial charge on any atom is -0.205 e. The molecule has 0 fully saturated rings. The maximum absolute atomic E-state index is 13.3. The van der Waals surface area contributed by atoms with Gasteiger partial charge in [-0.25, -0.2) is 4.39 Å². The van der Waals surface area contributed by atoms with E-state index in [0.29, 0.717) is 21.2 Å². The molecule has 0 aliphatic heterocycles. The summed E-state index contributed by atoms with van der Waals surface area (Å²) < 4.78 is 13.3. The molecule has 0 atom stereocenters. The van der Waals surface area contributed by atoms with Gasteiger partial charge in [-0.15, -0.1) is 0 Å². The summed E-state index contributed by atoms with van der Waals surface area (Å²) in [6, 6.07) is 9.72. The van der Waals surface area contributed by atoms with Gasteiger partial charge in [-0.3, -0.25) is 0 Å². The summed E-state index contributed by atoms with van der Waals surface area (Å²) >= 11 is 17.8. The Balaban J connectivity index is 2.68. The molecule has 0 saturated heterocycles. The third-order valence-electron chi connectivity index (χ3n) is 2.19. The van der Waals surface area contributed by atoms with E-state index in [1.54, 1.807) is 30.3 Å². The highest BCUT2D eigenvalue weighted by atomic mass is 35.5. The summed E-state index contributed by atoms with van der Waals surface area (Å²) in [5, 5.41) is 0.836. The number of hydrogen-bond donors (Lipinski definition) is 0. The lowest BCUT2D eigenvalue weighted by Crippen LogP contribution is -1.85. The van der Waals surface area contributed by atoms with Crippen LogP contribution in [0.2, 0.25) is 15.1 Å². The summed E-state index contributed by atoms with van der Waals surface area (Å²) in [6.45, 7) is 0. The molecule has 2 aromatic carbocycles. The molecule has 0 N–H and O–H groups in total. The normalized spacial score (nSPS) is 10.5. The third kappa shape index (κ3) is 2.03. The van der Waals surface area contributed by atoms with Crippen molar-refractivity contribution in [3.8, 4) is 11.1 Å². The topological polar surface area (TPSA) is 0 Å². The van der Waals surface area contributed by atoms with E-state index in [2.05, 4.69) is 0 Å². The van der Waals surface area contributed by atoms with Gasteiger partial charge in [0, 0.05) is 11.1 Å². The van der Waals surface area contributed by atoms with E-state index in [1.807, 2.05) is 0 Å². The van der Waals surface area contributed by atoms with Gasteiger partial charge in [0.25, 0.3) is 0 Å². The third-order valence-corrected chi connectivity index (χ3v) is 3.40. The second-order valence-corrected chi connectivity index (χ2v) is 4.37. The van der Waals surface area contributed by atoms with Crippen molar-refractivity contribution in [2.75, 3.05) is 0 Å².